The molecule has 84 valence electrons. The number of rotatable bonds is 2. The molecule has 4 heteroatoms. The summed E-state index contributed by atoms with van der Waals surface area (Å²) in [5, 5.41) is 11.9. The van der Waals surface area contributed by atoms with E-state index in [4.69, 9.17) is 5.26 Å². The van der Waals surface area contributed by atoms with E-state index in [1.54, 1.807) is 0 Å². The fourth-order valence-electron chi connectivity index (χ4n) is 2.08. The van der Waals surface area contributed by atoms with Crippen molar-refractivity contribution in [3.8, 4) is 6.07 Å². The molecule has 2 unspecified atom stereocenters. The molecule has 0 aliphatic heterocycles. The molecule has 1 fully saturated rings. The summed E-state index contributed by atoms with van der Waals surface area (Å²) in [6.45, 7) is 1.98. The van der Waals surface area contributed by atoms with Crippen LogP contribution >= 0.6 is 11.3 Å². The van der Waals surface area contributed by atoms with Crippen molar-refractivity contribution in [2.45, 2.75) is 32.2 Å². The maximum atomic E-state index is 11.9. The molecule has 0 bridgehead atoms. The number of carbonyl (C=O) groups is 1. The number of aryl methyl sites for hydroxylation is 1. The zero-order chi connectivity index (χ0) is 11.5. The minimum atomic E-state index is -0.0368. The van der Waals surface area contributed by atoms with E-state index in [2.05, 4.69) is 11.4 Å². The Hall–Kier alpha value is -1.34. The van der Waals surface area contributed by atoms with Gasteiger partial charge in [-0.2, -0.15) is 5.26 Å². The van der Waals surface area contributed by atoms with Gasteiger partial charge in [-0.05, 0) is 38.3 Å². The molecule has 1 amide bonds. The molecular formula is C12H14N2OS. The van der Waals surface area contributed by atoms with Crippen molar-refractivity contribution in [2.75, 3.05) is 0 Å². The fraction of sp³-hybridized carbons (Fsp3) is 0.500. The Morgan fingerprint density at radius 1 is 1.56 bits per heavy atom. The van der Waals surface area contributed by atoms with Crippen LogP contribution < -0.4 is 5.32 Å². The van der Waals surface area contributed by atoms with Crippen molar-refractivity contribution in [3.05, 3.63) is 21.9 Å². The van der Waals surface area contributed by atoms with Crippen LogP contribution in [0.1, 0.15) is 33.8 Å². The SMILES string of the molecule is Cc1ccc(C(=O)NC2CCCC2C#N)s1. The zero-order valence-electron chi connectivity index (χ0n) is 9.19. The number of nitrogens with zero attached hydrogens (tertiary/aromatic N) is 1. The predicted molar refractivity (Wildman–Crippen MR) is 63.3 cm³/mol. The van der Waals surface area contributed by atoms with Gasteiger partial charge in [-0.15, -0.1) is 11.3 Å². The lowest BCUT2D eigenvalue weighted by molar-refractivity contribution is 0.0937. The van der Waals surface area contributed by atoms with Crippen molar-refractivity contribution >= 4 is 17.2 Å². The van der Waals surface area contributed by atoms with Crippen LogP contribution in [0.15, 0.2) is 12.1 Å². The second kappa shape index (κ2) is 4.67. The molecule has 0 saturated heterocycles. The van der Waals surface area contributed by atoms with Crippen molar-refractivity contribution in [3.63, 3.8) is 0 Å². The smallest absolute Gasteiger partial charge is 0.261 e. The van der Waals surface area contributed by atoms with E-state index in [0.29, 0.717) is 0 Å². The van der Waals surface area contributed by atoms with Gasteiger partial charge in [0.2, 0.25) is 0 Å². The highest BCUT2D eigenvalue weighted by atomic mass is 32.1. The third-order valence-corrected chi connectivity index (χ3v) is 3.96. The lowest BCUT2D eigenvalue weighted by atomic mass is 10.1. The molecule has 1 aromatic heterocycles. The van der Waals surface area contributed by atoms with E-state index < -0.39 is 0 Å². The molecule has 1 heterocycles. The molecule has 0 aromatic carbocycles. The standard InChI is InChI=1S/C12H14N2OS/c1-8-5-6-11(16-8)12(15)14-10-4-2-3-9(10)7-13/h5-6,9-10H,2-4H2,1H3,(H,14,15). The molecular weight excluding hydrogens is 220 g/mol. The summed E-state index contributed by atoms with van der Waals surface area (Å²) >= 11 is 1.49. The number of hydrogen-bond donors (Lipinski definition) is 1. The minimum Gasteiger partial charge on any atom is -0.347 e. The Morgan fingerprint density at radius 3 is 3.00 bits per heavy atom. The first-order valence-electron chi connectivity index (χ1n) is 5.47. The van der Waals surface area contributed by atoms with Crippen LogP contribution in [0.3, 0.4) is 0 Å². The van der Waals surface area contributed by atoms with Gasteiger partial charge in [0.1, 0.15) is 0 Å². The highest BCUT2D eigenvalue weighted by Gasteiger charge is 2.28. The summed E-state index contributed by atoms with van der Waals surface area (Å²) in [4.78, 5) is 13.7. The van der Waals surface area contributed by atoms with Crippen LogP contribution in [0.25, 0.3) is 0 Å². The van der Waals surface area contributed by atoms with Crippen molar-refractivity contribution in [1.82, 2.24) is 5.32 Å². The minimum absolute atomic E-state index is 0.00925. The Morgan fingerprint density at radius 2 is 2.38 bits per heavy atom. The number of thiophene rings is 1. The third kappa shape index (κ3) is 2.25. The lowest BCUT2D eigenvalue weighted by Gasteiger charge is -2.14. The third-order valence-electron chi connectivity index (χ3n) is 2.96. The van der Waals surface area contributed by atoms with Crippen LogP contribution in [0.2, 0.25) is 0 Å². The van der Waals surface area contributed by atoms with Gasteiger partial charge in [0.25, 0.3) is 5.91 Å². The largest absolute Gasteiger partial charge is 0.347 e. The molecule has 1 aromatic rings. The first-order chi connectivity index (χ1) is 7.70. The molecule has 2 atom stereocenters. The lowest BCUT2D eigenvalue weighted by Crippen LogP contribution is -2.36. The van der Waals surface area contributed by atoms with Gasteiger partial charge in [0.05, 0.1) is 16.9 Å². The monoisotopic (exact) mass is 234 g/mol. The molecule has 3 nitrogen and oxygen atoms in total. The van der Waals surface area contributed by atoms with E-state index in [1.165, 1.54) is 11.3 Å². The molecule has 1 N–H and O–H groups in total. The number of amides is 1. The summed E-state index contributed by atoms with van der Waals surface area (Å²) in [6, 6.07) is 6.09. The highest BCUT2D eigenvalue weighted by Crippen LogP contribution is 2.25. The van der Waals surface area contributed by atoms with Gasteiger partial charge < -0.3 is 5.32 Å². The number of hydrogen-bond acceptors (Lipinski definition) is 3. The maximum absolute atomic E-state index is 11.9. The fourth-order valence-corrected chi connectivity index (χ4v) is 2.85. The molecule has 16 heavy (non-hydrogen) atoms. The topological polar surface area (TPSA) is 52.9 Å². The van der Waals surface area contributed by atoms with Crippen molar-refractivity contribution in [2.24, 2.45) is 5.92 Å². The summed E-state index contributed by atoms with van der Waals surface area (Å²) in [7, 11) is 0. The van der Waals surface area contributed by atoms with Gasteiger partial charge in [0.15, 0.2) is 0 Å². The van der Waals surface area contributed by atoms with Gasteiger partial charge in [-0.25, -0.2) is 0 Å². The van der Waals surface area contributed by atoms with Gasteiger partial charge in [0, 0.05) is 10.9 Å². The van der Waals surface area contributed by atoms with Gasteiger partial charge in [-0.1, -0.05) is 0 Å². The highest BCUT2D eigenvalue weighted by molar-refractivity contribution is 7.13. The average Bonchev–Trinajstić information content (AvgIpc) is 2.86. The molecule has 0 spiro atoms. The number of nitriles is 1. The summed E-state index contributed by atoms with van der Waals surface area (Å²) < 4.78 is 0. The van der Waals surface area contributed by atoms with Gasteiger partial charge >= 0.3 is 0 Å². The summed E-state index contributed by atoms with van der Waals surface area (Å²) in [5.41, 5.74) is 0. The van der Waals surface area contributed by atoms with Crippen molar-refractivity contribution < 1.29 is 4.79 Å². The van der Waals surface area contributed by atoms with E-state index in [1.807, 2.05) is 19.1 Å². The molecule has 1 aliphatic rings. The van der Waals surface area contributed by atoms with Gasteiger partial charge in [-0.3, -0.25) is 4.79 Å². The Balaban J connectivity index is 2.00. The predicted octanol–water partition coefficient (Wildman–Crippen LogP) is 2.48. The summed E-state index contributed by atoms with van der Waals surface area (Å²) in [5.74, 6) is -0.0461. The van der Waals surface area contributed by atoms with Crippen LogP contribution in [0.4, 0.5) is 0 Å². The Labute approximate surface area is 99.1 Å². The quantitative estimate of drug-likeness (QED) is 0.854. The first kappa shape index (κ1) is 11.2. The maximum Gasteiger partial charge on any atom is 0.261 e. The Bertz CT molecular complexity index is 432. The van der Waals surface area contributed by atoms with E-state index in [9.17, 15) is 4.79 Å². The number of carbonyl (C=O) groups excluding carboxylic acids is 1. The molecule has 1 saturated carbocycles. The molecule has 0 radical (unpaired) electrons. The summed E-state index contributed by atoms with van der Waals surface area (Å²) in [6.07, 6.45) is 2.87. The van der Waals surface area contributed by atoms with E-state index in [0.717, 1.165) is 29.0 Å². The average molecular weight is 234 g/mol. The van der Waals surface area contributed by atoms with Crippen LogP contribution in [-0.4, -0.2) is 11.9 Å². The van der Waals surface area contributed by atoms with Crippen molar-refractivity contribution in [1.29, 1.82) is 5.26 Å². The van der Waals surface area contributed by atoms with E-state index >= 15 is 0 Å². The first-order valence-corrected chi connectivity index (χ1v) is 6.29. The Kier molecular flexibility index (Phi) is 3.25. The normalized spacial score (nSPS) is 24.0. The van der Waals surface area contributed by atoms with E-state index in [-0.39, 0.29) is 17.9 Å². The second-order valence-corrected chi connectivity index (χ2v) is 5.44. The zero-order valence-corrected chi connectivity index (χ0v) is 10.0. The van der Waals surface area contributed by atoms with Crippen LogP contribution in [-0.2, 0) is 0 Å². The van der Waals surface area contributed by atoms with Crippen LogP contribution in [0.5, 0.6) is 0 Å². The molecule has 2 rings (SSSR count). The number of nitrogens with one attached hydrogen (secondary N) is 1. The second-order valence-electron chi connectivity index (χ2n) is 4.16. The van der Waals surface area contributed by atoms with Crippen LogP contribution in [0, 0.1) is 24.2 Å². The molecule has 1 aliphatic carbocycles.